The summed E-state index contributed by atoms with van der Waals surface area (Å²) in [6.45, 7) is 1.80. The number of aromatic nitrogens is 2. The van der Waals surface area contributed by atoms with Gasteiger partial charge in [0.1, 0.15) is 0 Å². The van der Waals surface area contributed by atoms with Crippen molar-refractivity contribution in [1.82, 2.24) is 9.97 Å². The van der Waals surface area contributed by atoms with Crippen LogP contribution in [0.3, 0.4) is 0 Å². The molecule has 3 nitrogen and oxygen atoms in total. The minimum atomic E-state index is -0.147. The van der Waals surface area contributed by atoms with Gasteiger partial charge in [-0.1, -0.05) is 35.5 Å². The Morgan fingerprint density at radius 3 is 2.61 bits per heavy atom. The smallest absolute Gasteiger partial charge is 0.197 e. The molecule has 0 fully saturated rings. The third-order valence-electron chi connectivity index (χ3n) is 2.50. The SMILES string of the molecule is CSc1ncc(C(=O)c2ccccc2Cl)c(C)n1. The van der Waals surface area contributed by atoms with Crippen LogP contribution >= 0.6 is 23.4 Å². The van der Waals surface area contributed by atoms with Crippen LogP contribution < -0.4 is 0 Å². The molecule has 0 spiro atoms. The summed E-state index contributed by atoms with van der Waals surface area (Å²) in [7, 11) is 0. The van der Waals surface area contributed by atoms with Gasteiger partial charge in [-0.25, -0.2) is 9.97 Å². The van der Waals surface area contributed by atoms with Crippen molar-refractivity contribution in [2.24, 2.45) is 0 Å². The zero-order chi connectivity index (χ0) is 13.1. The van der Waals surface area contributed by atoms with E-state index in [1.165, 1.54) is 11.8 Å². The minimum absolute atomic E-state index is 0.147. The van der Waals surface area contributed by atoms with Gasteiger partial charge >= 0.3 is 0 Å². The van der Waals surface area contributed by atoms with Gasteiger partial charge in [0, 0.05) is 11.8 Å². The highest BCUT2D eigenvalue weighted by atomic mass is 35.5. The average molecular weight is 279 g/mol. The molecular weight excluding hydrogens is 268 g/mol. The Morgan fingerprint density at radius 2 is 2.00 bits per heavy atom. The molecule has 1 aromatic carbocycles. The van der Waals surface area contributed by atoms with E-state index in [1.54, 1.807) is 37.4 Å². The molecular formula is C13H11ClN2OS. The molecule has 0 bridgehead atoms. The lowest BCUT2D eigenvalue weighted by Gasteiger charge is -2.06. The van der Waals surface area contributed by atoms with Crippen LogP contribution in [-0.2, 0) is 0 Å². The van der Waals surface area contributed by atoms with Crippen molar-refractivity contribution in [3.63, 3.8) is 0 Å². The number of carbonyl (C=O) groups excluding carboxylic acids is 1. The highest BCUT2D eigenvalue weighted by molar-refractivity contribution is 7.98. The van der Waals surface area contributed by atoms with E-state index >= 15 is 0 Å². The van der Waals surface area contributed by atoms with Crippen LogP contribution in [0.4, 0.5) is 0 Å². The number of aryl methyl sites for hydroxylation is 1. The third kappa shape index (κ3) is 2.54. The Bertz CT molecular complexity index is 601. The number of ketones is 1. The van der Waals surface area contributed by atoms with Crippen LogP contribution in [0.5, 0.6) is 0 Å². The van der Waals surface area contributed by atoms with Crippen LogP contribution in [0.15, 0.2) is 35.6 Å². The Kier molecular flexibility index (Phi) is 3.99. The summed E-state index contributed by atoms with van der Waals surface area (Å²) in [6.07, 6.45) is 3.45. The van der Waals surface area contributed by atoms with Gasteiger partial charge in [0.05, 0.1) is 16.3 Å². The molecule has 0 unspecified atom stereocenters. The number of hydrogen-bond acceptors (Lipinski definition) is 4. The summed E-state index contributed by atoms with van der Waals surface area (Å²) in [4.78, 5) is 20.7. The van der Waals surface area contributed by atoms with Crippen LogP contribution in [0.2, 0.25) is 5.02 Å². The van der Waals surface area contributed by atoms with Gasteiger partial charge in [-0.15, -0.1) is 0 Å². The van der Waals surface area contributed by atoms with E-state index in [2.05, 4.69) is 9.97 Å². The van der Waals surface area contributed by atoms with Gasteiger partial charge in [-0.2, -0.15) is 0 Å². The van der Waals surface area contributed by atoms with Crippen molar-refractivity contribution in [1.29, 1.82) is 0 Å². The first-order valence-electron chi connectivity index (χ1n) is 5.30. The maximum atomic E-state index is 12.3. The fourth-order valence-electron chi connectivity index (χ4n) is 1.56. The van der Waals surface area contributed by atoms with Crippen molar-refractivity contribution >= 4 is 29.1 Å². The largest absolute Gasteiger partial charge is 0.288 e. The minimum Gasteiger partial charge on any atom is -0.288 e. The van der Waals surface area contributed by atoms with Crippen LogP contribution in [0.1, 0.15) is 21.6 Å². The second kappa shape index (κ2) is 5.50. The lowest BCUT2D eigenvalue weighted by molar-refractivity contribution is 0.103. The maximum Gasteiger partial charge on any atom is 0.197 e. The summed E-state index contributed by atoms with van der Waals surface area (Å²) < 4.78 is 0. The molecule has 5 heteroatoms. The van der Waals surface area contributed by atoms with Crippen molar-refractivity contribution in [3.8, 4) is 0 Å². The number of nitrogens with zero attached hydrogens (tertiary/aromatic N) is 2. The van der Waals surface area contributed by atoms with Crippen molar-refractivity contribution in [3.05, 3.63) is 52.3 Å². The van der Waals surface area contributed by atoms with Gasteiger partial charge in [0.15, 0.2) is 10.9 Å². The quantitative estimate of drug-likeness (QED) is 0.490. The molecule has 1 aromatic heterocycles. The summed E-state index contributed by atoms with van der Waals surface area (Å²) in [5.41, 5.74) is 1.63. The molecule has 0 saturated heterocycles. The molecule has 0 atom stereocenters. The van der Waals surface area contributed by atoms with Gasteiger partial charge in [-0.05, 0) is 25.3 Å². The second-order valence-electron chi connectivity index (χ2n) is 3.66. The van der Waals surface area contributed by atoms with Gasteiger partial charge in [0.2, 0.25) is 0 Å². The fraction of sp³-hybridized carbons (Fsp3) is 0.154. The normalized spacial score (nSPS) is 10.4. The van der Waals surface area contributed by atoms with Gasteiger partial charge < -0.3 is 0 Å². The highest BCUT2D eigenvalue weighted by Crippen LogP contribution is 2.20. The number of benzene rings is 1. The summed E-state index contributed by atoms with van der Waals surface area (Å²) >= 11 is 7.46. The molecule has 0 aliphatic carbocycles. The topological polar surface area (TPSA) is 42.9 Å². The van der Waals surface area contributed by atoms with Crippen LogP contribution in [0, 0.1) is 6.92 Å². The zero-order valence-electron chi connectivity index (χ0n) is 9.98. The number of halogens is 1. The lowest BCUT2D eigenvalue weighted by Crippen LogP contribution is -2.07. The zero-order valence-corrected chi connectivity index (χ0v) is 11.5. The van der Waals surface area contributed by atoms with E-state index in [1.807, 2.05) is 6.26 Å². The summed E-state index contributed by atoms with van der Waals surface area (Å²) in [5, 5.41) is 1.10. The molecule has 18 heavy (non-hydrogen) atoms. The second-order valence-corrected chi connectivity index (χ2v) is 4.85. The molecule has 0 N–H and O–H groups in total. The molecule has 2 aromatic rings. The average Bonchev–Trinajstić information content (AvgIpc) is 2.38. The lowest BCUT2D eigenvalue weighted by atomic mass is 10.0. The van der Waals surface area contributed by atoms with Crippen LogP contribution in [0.25, 0.3) is 0 Å². The maximum absolute atomic E-state index is 12.3. The molecule has 0 amide bonds. The Hall–Kier alpha value is -1.39. The first kappa shape index (κ1) is 13.1. The Labute approximate surface area is 115 Å². The van der Waals surface area contributed by atoms with Crippen LogP contribution in [-0.4, -0.2) is 22.0 Å². The van der Waals surface area contributed by atoms with Crippen molar-refractivity contribution in [2.75, 3.05) is 6.26 Å². The monoisotopic (exact) mass is 278 g/mol. The molecule has 92 valence electrons. The predicted octanol–water partition coefficient (Wildman–Crippen LogP) is 3.39. The molecule has 0 saturated carbocycles. The van der Waals surface area contributed by atoms with E-state index < -0.39 is 0 Å². The third-order valence-corrected chi connectivity index (χ3v) is 3.39. The number of hydrogen-bond donors (Lipinski definition) is 0. The van der Waals surface area contributed by atoms with Crippen molar-refractivity contribution < 1.29 is 4.79 Å². The van der Waals surface area contributed by atoms with E-state index in [0.29, 0.717) is 27.0 Å². The predicted molar refractivity (Wildman–Crippen MR) is 73.4 cm³/mol. The highest BCUT2D eigenvalue weighted by Gasteiger charge is 2.16. The van der Waals surface area contributed by atoms with Crippen molar-refractivity contribution in [2.45, 2.75) is 12.1 Å². The van der Waals surface area contributed by atoms with Gasteiger partial charge in [-0.3, -0.25) is 4.79 Å². The number of rotatable bonds is 3. The number of carbonyl (C=O) groups is 1. The fourth-order valence-corrected chi connectivity index (χ4v) is 2.17. The summed E-state index contributed by atoms with van der Waals surface area (Å²) in [6, 6.07) is 6.97. The molecule has 0 aliphatic rings. The first-order chi connectivity index (χ1) is 8.63. The Morgan fingerprint density at radius 1 is 1.28 bits per heavy atom. The molecule has 0 aliphatic heterocycles. The van der Waals surface area contributed by atoms with E-state index in [4.69, 9.17) is 11.6 Å². The van der Waals surface area contributed by atoms with E-state index in [9.17, 15) is 4.79 Å². The van der Waals surface area contributed by atoms with E-state index in [0.717, 1.165) is 0 Å². The standard InChI is InChI=1S/C13H11ClN2OS/c1-8-10(7-15-13(16-8)18-2)12(17)9-5-3-4-6-11(9)14/h3-7H,1-2H3. The van der Waals surface area contributed by atoms with E-state index in [-0.39, 0.29) is 5.78 Å². The first-order valence-corrected chi connectivity index (χ1v) is 6.90. The Balaban J connectivity index is 2.44. The molecule has 2 rings (SSSR count). The summed E-state index contributed by atoms with van der Waals surface area (Å²) in [5.74, 6) is -0.147. The molecule has 1 heterocycles. The number of thioether (sulfide) groups is 1. The molecule has 0 radical (unpaired) electrons. The van der Waals surface area contributed by atoms with Gasteiger partial charge in [0.25, 0.3) is 0 Å².